The summed E-state index contributed by atoms with van der Waals surface area (Å²) in [5, 5.41) is 17.8. The zero-order valence-corrected chi connectivity index (χ0v) is 12.1. The lowest BCUT2D eigenvalue weighted by molar-refractivity contribution is -0.389. The maximum atomic E-state index is 10.6. The van der Waals surface area contributed by atoms with Crippen LogP contribution in [0.3, 0.4) is 0 Å². The lowest BCUT2D eigenvalue weighted by Gasteiger charge is -2.14. The van der Waals surface area contributed by atoms with Gasteiger partial charge >= 0.3 is 5.82 Å². The molecule has 1 aliphatic heterocycles. The summed E-state index contributed by atoms with van der Waals surface area (Å²) in [6, 6.07) is 7.36. The van der Waals surface area contributed by atoms with Crippen molar-refractivity contribution in [3.8, 4) is 11.5 Å². The van der Waals surface area contributed by atoms with Gasteiger partial charge in [0.1, 0.15) is 0 Å². The summed E-state index contributed by atoms with van der Waals surface area (Å²) < 4.78 is 12.2. The third-order valence-electron chi connectivity index (χ3n) is 3.50. The van der Waals surface area contributed by atoms with Crippen LogP contribution in [0.5, 0.6) is 11.5 Å². The molecule has 0 amide bonds. The normalized spacial score (nSPS) is 14.0. The summed E-state index contributed by atoms with van der Waals surface area (Å²) in [6.07, 6.45) is 1.60. The van der Waals surface area contributed by atoms with Crippen molar-refractivity contribution in [2.45, 2.75) is 19.5 Å². The Balaban J connectivity index is 1.53. The molecule has 1 aliphatic rings. The van der Waals surface area contributed by atoms with Crippen LogP contribution in [0.4, 0.5) is 5.82 Å². The van der Waals surface area contributed by atoms with Crippen LogP contribution in [-0.2, 0) is 6.54 Å². The van der Waals surface area contributed by atoms with E-state index in [0.717, 1.165) is 17.1 Å². The maximum absolute atomic E-state index is 10.6. The molecule has 0 spiro atoms. The van der Waals surface area contributed by atoms with E-state index in [1.165, 1.54) is 6.07 Å². The molecule has 22 heavy (non-hydrogen) atoms. The van der Waals surface area contributed by atoms with Crippen LogP contribution < -0.4 is 14.8 Å². The molecule has 1 atom stereocenters. The molecule has 0 saturated heterocycles. The van der Waals surface area contributed by atoms with E-state index in [9.17, 15) is 10.1 Å². The van der Waals surface area contributed by atoms with E-state index in [-0.39, 0.29) is 18.7 Å². The summed E-state index contributed by atoms with van der Waals surface area (Å²) in [6.45, 7) is 3.51. The summed E-state index contributed by atoms with van der Waals surface area (Å²) in [5.74, 6) is 1.39. The number of aromatic nitrogens is 2. The van der Waals surface area contributed by atoms with E-state index < -0.39 is 4.92 Å². The van der Waals surface area contributed by atoms with E-state index in [0.29, 0.717) is 13.1 Å². The smallest absolute Gasteiger partial charge is 0.389 e. The Kier molecular flexibility index (Phi) is 3.92. The average Bonchev–Trinajstić information content (AvgIpc) is 3.15. The van der Waals surface area contributed by atoms with Crippen molar-refractivity contribution >= 4 is 5.82 Å². The number of hydrogen-bond acceptors (Lipinski definition) is 6. The standard InChI is InChI=1S/C14H16N4O4/c1-10(11-2-3-12-13(8-11)22-9-21-12)15-5-7-17-6-4-14(16-17)18(19)20/h2-4,6,8,10,15H,5,7,9H2,1H3/t10-/m0/s1. The van der Waals surface area contributed by atoms with E-state index in [1.807, 2.05) is 25.1 Å². The molecule has 1 N–H and O–H groups in total. The van der Waals surface area contributed by atoms with Crippen LogP contribution in [0.1, 0.15) is 18.5 Å². The fourth-order valence-electron chi connectivity index (χ4n) is 2.27. The van der Waals surface area contributed by atoms with Gasteiger partial charge in [-0.1, -0.05) is 6.07 Å². The number of ether oxygens (including phenoxy) is 2. The fourth-order valence-corrected chi connectivity index (χ4v) is 2.27. The minimum atomic E-state index is -0.501. The predicted octanol–water partition coefficient (Wildman–Crippen LogP) is 1.87. The van der Waals surface area contributed by atoms with Gasteiger partial charge < -0.3 is 24.9 Å². The minimum absolute atomic E-state index is 0.125. The van der Waals surface area contributed by atoms with Crippen molar-refractivity contribution in [3.05, 3.63) is 46.1 Å². The van der Waals surface area contributed by atoms with Crippen molar-refractivity contribution < 1.29 is 14.4 Å². The number of nitro groups is 1. The first-order chi connectivity index (χ1) is 10.6. The summed E-state index contributed by atoms with van der Waals surface area (Å²) in [5.41, 5.74) is 1.09. The van der Waals surface area contributed by atoms with Crippen molar-refractivity contribution in [2.75, 3.05) is 13.3 Å². The lowest BCUT2D eigenvalue weighted by atomic mass is 10.1. The first kappa shape index (κ1) is 14.3. The highest BCUT2D eigenvalue weighted by Gasteiger charge is 2.16. The molecule has 1 aromatic carbocycles. The zero-order valence-electron chi connectivity index (χ0n) is 12.1. The van der Waals surface area contributed by atoms with Crippen LogP contribution in [0, 0.1) is 10.1 Å². The second kappa shape index (κ2) is 6.02. The Morgan fingerprint density at radius 1 is 1.41 bits per heavy atom. The van der Waals surface area contributed by atoms with Crippen LogP contribution in [0.25, 0.3) is 0 Å². The van der Waals surface area contributed by atoms with Gasteiger partial charge in [0.25, 0.3) is 0 Å². The Morgan fingerprint density at radius 2 is 2.23 bits per heavy atom. The van der Waals surface area contributed by atoms with E-state index in [2.05, 4.69) is 10.4 Å². The van der Waals surface area contributed by atoms with Crippen molar-refractivity contribution in [1.82, 2.24) is 15.1 Å². The summed E-state index contributed by atoms with van der Waals surface area (Å²) in [7, 11) is 0. The van der Waals surface area contributed by atoms with Crippen molar-refractivity contribution in [3.63, 3.8) is 0 Å². The molecular weight excluding hydrogens is 288 g/mol. The molecule has 116 valence electrons. The zero-order chi connectivity index (χ0) is 15.5. The Bertz CT molecular complexity index is 685. The quantitative estimate of drug-likeness (QED) is 0.647. The average molecular weight is 304 g/mol. The third kappa shape index (κ3) is 3.01. The lowest BCUT2D eigenvalue weighted by Crippen LogP contribution is -2.23. The number of nitrogens with one attached hydrogen (secondary N) is 1. The SMILES string of the molecule is C[C@H](NCCn1ccc([N+](=O)[O-])n1)c1ccc2c(c1)OCO2. The molecule has 1 aromatic heterocycles. The van der Waals surface area contributed by atoms with Gasteiger partial charge in [0.2, 0.25) is 6.79 Å². The third-order valence-corrected chi connectivity index (χ3v) is 3.50. The highest BCUT2D eigenvalue weighted by atomic mass is 16.7. The van der Waals surface area contributed by atoms with Gasteiger partial charge in [-0.2, -0.15) is 4.68 Å². The molecule has 0 unspecified atom stereocenters. The van der Waals surface area contributed by atoms with Crippen LogP contribution in [-0.4, -0.2) is 28.0 Å². The van der Waals surface area contributed by atoms with E-state index in [4.69, 9.17) is 9.47 Å². The van der Waals surface area contributed by atoms with Crippen LogP contribution in [0.15, 0.2) is 30.5 Å². The number of fused-ring (bicyclic) bond motifs is 1. The molecule has 8 nitrogen and oxygen atoms in total. The molecule has 0 bridgehead atoms. The second-order valence-electron chi connectivity index (χ2n) is 4.98. The molecule has 0 fully saturated rings. The number of benzene rings is 1. The fraction of sp³-hybridized carbons (Fsp3) is 0.357. The number of rotatable bonds is 6. The van der Waals surface area contributed by atoms with Gasteiger partial charge in [0, 0.05) is 12.6 Å². The Hall–Kier alpha value is -2.61. The second-order valence-corrected chi connectivity index (χ2v) is 4.98. The van der Waals surface area contributed by atoms with Gasteiger partial charge in [0.15, 0.2) is 11.5 Å². The molecule has 8 heteroatoms. The summed E-state index contributed by atoms with van der Waals surface area (Å²) >= 11 is 0. The predicted molar refractivity (Wildman–Crippen MR) is 77.9 cm³/mol. The number of hydrogen-bond donors (Lipinski definition) is 1. The molecule has 2 heterocycles. The molecule has 2 aromatic rings. The first-order valence-corrected chi connectivity index (χ1v) is 6.94. The summed E-state index contributed by atoms with van der Waals surface area (Å²) in [4.78, 5) is 10.1. The largest absolute Gasteiger partial charge is 0.454 e. The molecule has 3 rings (SSSR count). The van der Waals surface area contributed by atoms with E-state index >= 15 is 0 Å². The number of nitrogens with zero attached hydrogens (tertiary/aromatic N) is 3. The van der Waals surface area contributed by atoms with Gasteiger partial charge in [-0.3, -0.25) is 0 Å². The molecule has 0 saturated carbocycles. The molecule has 0 aliphatic carbocycles. The maximum Gasteiger partial charge on any atom is 0.389 e. The molecular formula is C14H16N4O4. The highest BCUT2D eigenvalue weighted by molar-refractivity contribution is 5.45. The molecule has 0 radical (unpaired) electrons. The van der Waals surface area contributed by atoms with Gasteiger partial charge in [-0.15, -0.1) is 0 Å². The topological polar surface area (TPSA) is 91.5 Å². The Morgan fingerprint density at radius 3 is 3.00 bits per heavy atom. The van der Waals surface area contributed by atoms with Gasteiger partial charge in [-0.25, -0.2) is 0 Å². The highest BCUT2D eigenvalue weighted by Crippen LogP contribution is 2.34. The van der Waals surface area contributed by atoms with Crippen LogP contribution in [0.2, 0.25) is 0 Å². The first-order valence-electron chi connectivity index (χ1n) is 6.94. The van der Waals surface area contributed by atoms with Gasteiger partial charge in [-0.05, 0) is 29.5 Å². The van der Waals surface area contributed by atoms with Crippen molar-refractivity contribution in [1.29, 1.82) is 0 Å². The van der Waals surface area contributed by atoms with E-state index in [1.54, 1.807) is 10.9 Å². The van der Waals surface area contributed by atoms with Gasteiger partial charge in [0.05, 0.1) is 23.9 Å². The minimum Gasteiger partial charge on any atom is -0.454 e. The Labute approximate surface area is 126 Å². The van der Waals surface area contributed by atoms with Crippen LogP contribution >= 0.6 is 0 Å². The van der Waals surface area contributed by atoms with Crippen molar-refractivity contribution in [2.24, 2.45) is 0 Å². The monoisotopic (exact) mass is 304 g/mol.